The predicted molar refractivity (Wildman–Crippen MR) is 114 cm³/mol. The van der Waals surface area contributed by atoms with Gasteiger partial charge in [0.05, 0.1) is 17.7 Å². The van der Waals surface area contributed by atoms with Crippen LogP contribution in [0.3, 0.4) is 0 Å². The number of nitro groups is 1. The van der Waals surface area contributed by atoms with Gasteiger partial charge >= 0.3 is 0 Å². The van der Waals surface area contributed by atoms with E-state index in [1.807, 2.05) is 35.6 Å². The molecule has 0 fully saturated rings. The van der Waals surface area contributed by atoms with Gasteiger partial charge < -0.3 is 10.1 Å². The molecule has 0 spiro atoms. The Bertz CT molecular complexity index is 1240. The summed E-state index contributed by atoms with van der Waals surface area (Å²) >= 11 is 1.29. The van der Waals surface area contributed by atoms with Crippen molar-refractivity contribution < 1.29 is 14.5 Å². The average Bonchev–Trinajstić information content (AvgIpc) is 3.32. The molecule has 9 heteroatoms. The van der Waals surface area contributed by atoms with Crippen molar-refractivity contribution in [3.63, 3.8) is 0 Å². The van der Waals surface area contributed by atoms with Gasteiger partial charge in [-0.25, -0.2) is 4.98 Å². The van der Waals surface area contributed by atoms with Crippen molar-refractivity contribution in [2.75, 3.05) is 7.11 Å². The number of imidazole rings is 1. The van der Waals surface area contributed by atoms with Gasteiger partial charge in [0.15, 0.2) is 4.96 Å². The molecule has 4 aromatic rings. The standard InChI is InChI=1S/C21H18N4O4S/c1-13-19(20(26)22-11-14-6-8-17(29-2)9-7-14)30-21-23-18(12-24(13)21)15-4-3-5-16(10-15)25(27)28/h3-10,12H,11H2,1-2H3,(H,22,26). The molecule has 0 aliphatic heterocycles. The number of aryl methyl sites for hydroxylation is 1. The molecule has 0 aliphatic rings. The topological polar surface area (TPSA) is 98.8 Å². The first-order valence-electron chi connectivity index (χ1n) is 9.10. The number of nitrogens with zero attached hydrogens (tertiary/aromatic N) is 3. The highest BCUT2D eigenvalue weighted by atomic mass is 32.1. The van der Waals surface area contributed by atoms with E-state index in [9.17, 15) is 14.9 Å². The Labute approximate surface area is 175 Å². The van der Waals surface area contributed by atoms with Crippen molar-refractivity contribution >= 4 is 27.9 Å². The number of fused-ring (bicyclic) bond motifs is 1. The van der Waals surface area contributed by atoms with E-state index < -0.39 is 4.92 Å². The van der Waals surface area contributed by atoms with E-state index in [4.69, 9.17) is 4.74 Å². The molecule has 1 amide bonds. The molecule has 4 rings (SSSR count). The van der Waals surface area contributed by atoms with Gasteiger partial charge in [-0.3, -0.25) is 19.3 Å². The van der Waals surface area contributed by atoms with Crippen molar-refractivity contribution in [2.24, 2.45) is 0 Å². The number of nitrogens with one attached hydrogen (secondary N) is 1. The van der Waals surface area contributed by atoms with Gasteiger partial charge in [-0.1, -0.05) is 35.6 Å². The van der Waals surface area contributed by atoms with Crippen LogP contribution in [0.1, 0.15) is 20.9 Å². The van der Waals surface area contributed by atoms with Crippen molar-refractivity contribution in [3.8, 4) is 17.0 Å². The van der Waals surface area contributed by atoms with Crippen LogP contribution in [0.4, 0.5) is 5.69 Å². The van der Waals surface area contributed by atoms with Crippen LogP contribution in [-0.4, -0.2) is 27.3 Å². The molecule has 0 saturated heterocycles. The summed E-state index contributed by atoms with van der Waals surface area (Å²) in [4.78, 5) is 29.0. The molecule has 0 radical (unpaired) electrons. The first kappa shape index (κ1) is 19.6. The van der Waals surface area contributed by atoms with Crippen LogP contribution in [0.2, 0.25) is 0 Å². The van der Waals surface area contributed by atoms with E-state index in [0.717, 1.165) is 17.0 Å². The highest BCUT2D eigenvalue weighted by Gasteiger charge is 2.18. The number of ether oxygens (including phenoxy) is 1. The minimum atomic E-state index is -0.432. The maximum atomic E-state index is 12.7. The fourth-order valence-corrected chi connectivity index (χ4v) is 4.11. The minimum absolute atomic E-state index is 0.0131. The zero-order valence-corrected chi connectivity index (χ0v) is 17.1. The summed E-state index contributed by atoms with van der Waals surface area (Å²) in [6.07, 6.45) is 1.79. The van der Waals surface area contributed by atoms with E-state index in [1.54, 1.807) is 25.4 Å². The lowest BCUT2D eigenvalue weighted by Gasteiger charge is -2.06. The van der Waals surface area contributed by atoms with Gasteiger partial charge in [0.25, 0.3) is 11.6 Å². The van der Waals surface area contributed by atoms with Crippen molar-refractivity contribution in [2.45, 2.75) is 13.5 Å². The number of amides is 1. The molecule has 2 heterocycles. The number of carbonyl (C=O) groups is 1. The third-order valence-corrected chi connectivity index (χ3v) is 5.88. The summed E-state index contributed by atoms with van der Waals surface area (Å²) < 4.78 is 6.97. The lowest BCUT2D eigenvalue weighted by molar-refractivity contribution is -0.384. The summed E-state index contributed by atoms with van der Waals surface area (Å²) in [6.45, 7) is 2.26. The minimum Gasteiger partial charge on any atom is -0.497 e. The highest BCUT2D eigenvalue weighted by Crippen LogP contribution is 2.28. The molecular weight excluding hydrogens is 404 g/mol. The molecular formula is C21H18N4O4S. The Balaban J connectivity index is 1.53. The third-order valence-electron chi connectivity index (χ3n) is 4.73. The fourth-order valence-electron chi connectivity index (χ4n) is 3.08. The number of thiazole rings is 1. The number of methoxy groups -OCH3 is 1. The SMILES string of the molecule is COc1ccc(CNC(=O)c2sc3nc(-c4cccc([N+](=O)[O-])c4)cn3c2C)cc1. The zero-order chi connectivity index (χ0) is 21.3. The molecule has 30 heavy (non-hydrogen) atoms. The van der Waals surface area contributed by atoms with Crippen LogP contribution in [-0.2, 0) is 6.54 Å². The summed E-state index contributed by atoms with van der Waals surface area (Å²) in [6, 6.07) is 13.8. The Kier molecular flexibility index (Phi) is 5.20. The lowest BCUT2D eigenvalue weighted by atomic mass is 10.1. The third kappa shape index (κ3) is 3.74. The fraction of sp³-hybridized carbons (Fsp3) is 0.143. The number of aromatic nitrogens is 2. The highest BCUT2D eigenvalue weighted by molar-refractivity contribution is 7.19. The Morgan fingerprint density at radius 2 is 2.03 bits per heavy atom. The van der Waals surface area contributed by atoms with Gasteiger partial charge in [-0.15, -0.1) is 0 Å². The molecule has 1 N–H and O–H groups in total. The van der Waals surface area contributed by atoms with E-state index >= 15 is 0 Å². The molecule has 0 bridgehead atoms. The van der Waals surface area contributed by atoms with Crippen LogP contribution in [0.15, 0.2) is 54.7 Å². The number of hydrogen-bond acceptors (Lipinski definition) is 6. The van der Waals surface area contributed by atoms with Gasteiger partial charge in [0.1, 0.15) is 10.6 Å². The van der Waals surface area contributed by atoms with E-state index in [1.165, 1.54) is 23.5 Å². The second-order valence-electron chi connectivity index (χ2n) is 6.63. The second-order valence-corrected chi connectivity index (χ2v) is 7.61. The van der Waals surface area contributed by atoms with Crippen LogP contribution in [0.25, 0.3) is 16.2 Å². The van der Waals surface area contributed by atoms with Gasteiger partial charge in [0.2, 0.25) is 0 Å². The number of nitro benzene ring substituents is 1. The Morgan fingerprint density at radius 3 is 2.70 bits per heavy atom. The maximum absolute atomic E-state index is 12.7. The molecule has 2 aromatic carbocycles. The smallest absolute Gasteiger partial charge is 0.270 e. The largest absolute Gasteiger partial charge is 0.497 e. The number of hydrogen-bond donors (Lipinski definition) is 1. The molecule has 0 aliphatic carbocycles. The summed E-state index contributed by atoms with van der Waals surface area (Å²) in [5.74, 6) is 0.593. The van der Waals surface area contributed by atoms with Crippen molar-refractivity contribution in [3.05, 3.63) is 81.0 Å². The summed E-state index contributed by atoms with van der Waals surface area (Å²) in [5, 5.41) is 13.9. The number of rotatable bonds is 6. The first-order valence-corrected chi connectivity index (χ1v) is 9.92. The molecule has 2 aromatic heterocycles. The Morgan fingerprint density at radius 1 is 1.27 bits per heavy atom. The predicted octanol–water partition coefficient (Wildman–Crippen LogP) is 4.22. The van der Waals surface area contributed by atoms with Crippen LogP contribution in [0, 0.1) is 17.0 Å². The van der Waals surface area contributed by atoms with E-state index in [2.05, 4.69) is 10.3 Å². The van der Waals surface area contributed by atoms with Gasteiger partial charge in [-0.2, -0.15) is 0 Å². The maximum Gasteiger partial charge on any atom is 0.270 e. The summed E-state index contributed by atoms with van der Waals surface area (Å²) in [5.41, 5.74) is 3.03. The van der Waals surface area contributed by atoms with Crippen LogP contribution in [0.5, 0.6) is 5.75 Å². The monoisotopic (exact) mass is 422 g/mol. The Hall–Kier alpha value is -3.72. The number of non-ortho nitro benzene ring substituents is 1. The van der Waals surface area contributed by atoms with Crippen molar-refractivity contribution in [1.29, 1.82) is 0 Å². The van der Waals surface area contributed by atoms with Gasteiger partial charge in [0, 0.05) is 36.1 Å². The number of carbonyl (C=O) groups excluding carboxylic acids is 1. The van der Waals surface area contributed by atoms with E-state index in [0.29, 0.717) is 27.6 Å². The van der Waals surface area contributed by atoms with Crippen LogP contribution >= 0.6 is 11.3 Å². The molecule has 0 atom stereocenters. The first-order chi connectivity index (χ1) is 14.5. The average molecular weight is 422 g/mol. The van der Waals surface area contributed by atoms with E-state index in [-0.39, 0.29) is 11.6 Å². The van der Waals surface area contributed by atoms with Gasteiger partial charge in [-0.05, 0) is 24.6 Å². The second kappa shape index (κ2) is 7.96. The molecule has 0 saturated carbocycles. The molecule has 0 unspecified atom stereocenters. The zero-order valence-electron chi connectivity index (χ0n) is 16.3. The van der Waals surface area contributed by atoms with Crippen molar-refractivity contribution in [1.82, 2.24) is 14.7 Å². The van der Waals surface area contributed by atoms with Crippen LogP contribution < -0.4 is 10.1 Å². The number of benzene rings is 2. The quantitative estimate of drug-likeness (QED) is 0.371. The normalized spacial score (nSPS) is 10.9. The lowest BCUT2D eigenvalue weighted by Crippen LogP contribution is -2.22. The molecule has 8 nitrogen and oxygen atoms in total. The molecule has 152 valence electrons. The summed E-state index contributed by atoms with van der Waals surface area (Å²) in [7, 11) is 1.61.